The molecule has 1 aliphatic rings. The number of unbranched alkanes of at least 4 members (excludes halogenated alkanes) is 1. The Hall–Kier alpha value is -3.72. The molecule has 1 N–H and O–H groups in total. The van der Waals surface area contributed by atoms with Gasteiger partial charge in [-0.25, -0.2) is 4.68 Å². The summed E-state index contributed by atoms with van der Waals surface area (Å²) < 4.78 is 1.75. The maximum Gasteiger partial charge on any atom is 0.245 e. The van der Waals surface area contributed by atoms with Crippen molar-refractivity contribution < 1.29 is 9.59 Å². The van der Waals surface area contributed by atoms with Crippen LogP contribution in [-0.4, -0.2) is 28.0 Å². The van der Waals surface area contributed by atoms with Crippen molar-refractivity contribution in [3.8, 4) is 23.0 Å². The van der Waals surface area contributed by atoms with E-state index in [2.05, 4.69) is 10.4 Å². The van der Waals surface area contributed by atoms with Crippen molar-refractivity contribution in [3.63, 3.8) is 0 Å². The SMILES string of the molecule is CCCCNC(=O)C(C#N)C(=O)c1nn(-c2ccccc2)c2c1Cc1ccccc1-2. The van der Waals surface area contributed by atoms with Gasteiger partial charge < -0.3 is 5.32 Å². The van der Waals surface area contributed by atoms with Crippen LogP contribution in [-0.2, 0) is 11.2 Å². The van der Waals surface area contributed by atoms with Crippen molar-refractivity contribution in [2.24, 2.45) is 5.92 Å². The van der Waals surface area contributed by atoms with Crippen molar-refractivity contribution in [3.05, 3.63) is 71.4 Å². The lowest BCUT2D eigenvalue weighted by Gasteiger charge is -2.09. The fraction of sp³-hybridized carbons (Fsp3) is 0.250. The number of nitrogens with zero attached hydrogens (tertiary/aromatic N) is 3. The molecular formula is C24H22N4O2. The Labute approximate surface area is 175 Å². The number of nitriles is 1. The number of fused-ring (bicyclic) bond motifs is 3. The zero-order valence-corrected chi connectivity index (χ0v) is 16.8. The molecular weight excluding hydrogens is 376 g/mol. The van der Waals surface area contributed by atoms with E-state index in [0.717, 1.165) is 40.9 Å². The van der Waals surface area contributed by atoms with E-state index >= 15 is 0 Å². The molecule has 1 unspecified atom stereocenters. The molecule has 0 spiro atoms. The van der Waals surface area contributed by atoms with Crippen LogP contribution in [0.4, 0.5) is 0 Å². The van der Waals surface area contributed by atoms with Gasteiger partial charge in [-0.15, -0.1) is 0 Å². The first-order chi connectivity index (χ1) is 14.7. The van der Waals surface area contributed by atoms with Gasteiger partial charge in [0.2, 0.25) is 11.7 Å². The second kappa shape index (κ2) is 8.34. The van der Waals surface area contributed by atoms with E-state index in [4.69, 9.17) is 0 Å². The van der Waals surface area contributed by atoms with Gasteiger partial charge in [0.15, 0.2) is 5.92 Å². The summed E-state index contributed by atoms with van der Waals surface area (Å²) in [5.74, 6) is -2.52. The lowest BCUT2D eigenvalue weighted by Crippen LogP contribution is -2.35. The van der Waals surface area contributed by atoms with E-state index in [-0.39, 0.29) is 5.69 Å². The van der Waals surface area contributed by atoms with Crippen molar-refractivity contribution >= 4 is 11.7 Å². The third-order valence-corrected chi connectivity index (χ3v) is 5.34. The predicted octanol–water partition coefficient (Wildman–Crippen LogP) is 3.68. The van der Waals surface area contributed by atoms with Gasteiger partial charge in [-0.3, -0.25) is 9.59 Å². The zero-order valence-electron chi connectivity index (χ0n) is 16.8. The van der Waals surface area contributed by atoms with E-state index in [0.29, 0.717) is 13.0 Å². The molecule has 0 aliphatic heterocycles. The fourth-order valence-electron chi connectivity index (χ4n) is 3.81. The normalized spacial score (nSPS) is 12.5. The highest BCUT2D eigenvalue weighted by Gasteiger charge is 2.36. The number of nitrogens with one attached hydrogen (secondary N) is 1. The van der Waals surface area contributed by atoms with Crippen LogP contribution in [0.25, 0.3) is 16.9 Å². The minimum absolute atomic E-state index is 0.197. The Morgan fingerprint density at radius 2 is 1.90 bits per heavy atom. The summed E-state index contributed by atoms with van der Waals surface area (Å²) in [5.41, 5.74) is 4.76. The maximum absolute atomic E-state index is 13.2. The number of amides is 1. The number of rotatable bonds is 7. The molecule has 1 heterocycles. The van der Waals surface area contributed by atoms with E-state index in [9.17, 15) is 14.9 Å². The highest BCUT2D eigenvalue weighted by atomic mass is 16.2. The number of carbonyl (C=O) groups excluding carboxylic acids is 2. The Kier molecular flexibility index (Phi) is 5.44. The van der Waals surface area contributed by atoms with E-state index in [1.807, 2.05) is 67.6 Å². The van der Waals surface area contributed by atoms with Crippen molar-refractivity contribution in [1.29, 1.82) is 5.26 Å². The molecule has 0 bridgehead atoms. The number of Topliss-reactive ketones (excluding diaryl/α,β-unsaturated/α-hetero) is 1. The van der Waals surface area contributed by atoms with E-state index in [1.165, 1.54) is 0 Å². The highest BCUT2D eigenvalue weighted by molar-refractivity contribution is 6.12. The highest BCUT2D eigenvalue weighted by Crippen LogP contribution is 2.40. The molecule has 2 aromatic carbocycles. The summed E-state index contributed by atoms with van der Waals surface area (Å²) in [7, 11) is 0. The lowest BCUT2D eigenvalue weighted by molar-refractivity contribution is -0.122. The van der Waals surface area contributed by atoms with Gasteiger partial charge in [-0.05, 0) is 24.1 Å². The molecule has 1 aliphatic carbocycles. The lowest BCUT2D eigenvalue weighted by atomic mass is 9.98. The average Bonchev–Trinajstić information content (AvgIpc) is 3.32. The molecule has 1 amide bonds. The molecule has 0 saturated heterocycles. The molecule has 0 saturated carbocycles. The van der Waals surface area contributed by atoms with Crippen LogP contribution in [0.2, 0.25) is 0 Å². The van der Waals surface area contributed by atoms with Crippen LogP contribution in [0.15, 0.2) is 54.6 Å². The molecule has 150 valence electrons. The Morgan fingerprint density at radius 3 is 2.63 bits per heavy atom. The number of aromatic nitrogens is 2. The monoisotopic (exact) mass is 398 g/mol. The van der Waals surface area contributed by atoms with Crippen molar-refractivity contribution in [2.45, 2.75) is 26.2 Å². The summed E-state index contributed by atoms with van der Waals surface area (Å²) in [4.78, 5) is 25.7. The average molecular weight is 398 g/mol. The maximum atomic E-state index is 13.2. The Balaban J connectivity index is 1.77. The van der Waals surface area contributed by atoms with Crippen LogP contribution < -0.4 is 5.32 Å². The number of hydrogen-bond acceptors (Lipinski definition) is 4. The van der Waals surface area contributed by atoms with E-state index < -0.39 is 17.6 Å². The summed E-state index contributed by atoms with van der Waals surface area (Å²) in [6.07, 6.45) is 2.26. The summed E-state index contributed by atoms with van der Waals surface area (Å²) in [6.45, 7) is 2.46. The first kappa shape index (κ1) is 19.6. The molecule has 0 radical (unpaired) electrons. The van der Waals surface area contributed by atoms with Crippen LogP contribution in [0.5, 0.6) is 0 Å². The molecule has 1 atom stereocenters. The van der Waals surface area contributed by atoms with Crippen LogP contribution in [0, 0.1) is 17.2 Å². The van der Waals surface area contributed by atoms with Gasteiger partial charge in [-0.1, -0.05) is 55.8 Å². The van der Waals surface area contributed by atoms with Crippen molar-refractivity contribution in [1.82, 2.24) is 15.1 Å². The molecule has 4 rings (SSSR count). The van der Waals surface area contributed by atoms with Gasteiger partial charge in [0.1, 0.15) is 5.69 Å². The Bertz CT molecular complexity index is 1140. The third-order valence-electron chi connectivity index (χ3n) is 5.34. The standard InChI is InChI=1S/C24H22N4O2/c1-2-3-13-26-24(30)20(15-25)23(29)21-19-14-16-9-7-8-12-18(16)22(19)28(27-21)17-10-5-4-6-11-17/h4-12,20H,2-3,13-14H2,1H3,(H,26,30). The zero-order chi connectivity index (χ0) is 21.1. The number of carbonyl (C=O) groups is 2. The predicted molar refractivity (Wildman–Crippen MR) is 113 cm³/mol. The van der Waals surface area contributed by atoms with Gasteiger partial charge in [0, 0.05) is 24.1 Å². The van der Waals surface area contributed by atoms with Gasteiger partial charge in [0.25, 0.3) is 0 Å². The van der Waals surface area contributed by atoms with Gasteiger partial charge in [-0.2, -0.15) is 10.4 Å². The molecule has 6 nitrogen and oxygen atoms in total. The molecule has 1 aromatic heterocycles. The number of hydrogen-bond donors (Lipinski definition) is 1. The van der Waals surface area contributed by atoms with Gasteiger partial charge in [0.05, 0.1) is 17.5 Å². The van der Waals surface area contributed by atoms with E-state index in [1.54, 1.807) is 4.68 Å². The fourth-order valence-corrected chi connectivity index (χ4v) is 3.81. The van der Waals surface area contributed by atoms with Crippen LogP contribution >= 0.6 is 0 Å². The quantitative estimate of drug-likeness (QED) is 0.292. The summed E-state index contributed by atoms with van der Waals surface area (Å²) in [5, 5.41) is 16.8. The summed E-state index contributed by atoms with van der Waals surface area (Å²) >= 11 is 0. The molecule has 6 heteroatoms. The minimum atomic E-state index is -1.41. The Morgan fingerprint density at radius 1 is 1.17 bits per heavy atom. The topological polar surface area (TPSA) is 87.8 Å². The molecule has 3 aromatic rings. The van der Waals surface area contributed by atoms with Gasteiger partial charge >= 0.3 is 0 Å². The number of para-hydroxylation sites is 1. The van der Waals surface area contributed by atoms with Crippen LogP contribution in [0.3, 0.4) is 0 Å². The third kappa shape index (κ3) is 3.39. The minimum Gasteiger partial charge on any atom is -0.355 e. The largest absolute Gasteiger partial charge is 0.355 e. The first-order valence-corrected chi connectivity index (χ1v) is 10.1. The second-order valence-electron chi connectivity index (χ2n) is 7.33. The summed E-state index contributed by atoms with van der Waals surface area (Å²) in [6, 6.07) is 19.4. The smallest absolute Gasteiger partial charge is 0.245 e. The van der Waals surface area contributed by atoms with Crippen molar-refractivity contribution in [2.75, 3.05) is 6.54 Å². The second-order valence-corrected chi connectivity index (χ2v) is 7.33. The van der Waals surface area contributed by atoms with Crippen LogP contribution in [0.1, 0.15) is 41.4 Å². The number of ketones is 1. The molecule has 30 heavy (non-hydrogen) atoms. The number of benzene rings is 2. The molecule has 0 fully saturated rings. The first-order valence-electron chi connectivity index (χ1n) is 10.1.